The molecule has 0 bridgehead atoms. The second-order valence-corrected chi connectivity index (χ2v) is 5.01. The fourth-order valence-corrected chi connectivity index (χ4v) is 1.77. The molecule has 0 saturated heterocycles. The third kappa shape index (κ3) is 8.25. The third-order valence-corrected chi connectivity index (χ3v) is 2.95. The van der Waals surface area contributed by atoms with E-state index in [-0.39, 0.29) is 0 Å². The summed E-state index contributed by atoms with van der Waals surface area (Å²) in [5.41, 5.74) is 3.27. The van der Waals surface area contributed by atoms with E-state index in [1.54, 1.807) is 0 Å². The van der Waals surface area contributed by atoms with Gasteiger partial charge in [0.25, 0.3) is 0 Å². The Balaban J connectivity index is 4.24. The van der Waals surface area contributed by atoms with Crippen molar-refractivity contribution >= 4 is 0 Å². The molecule has 0 aliphatic rings. The van der Waals surface area contributed by atoms with Crippen molar-refractivity contribution in [1.82, 2.24) is 5.32 Å². The van der Waals surface area contributed by atoms with Crippen LogP contribution < -0.4 is 5.32 Å². The zero-order valence-corrected chi connectivity index (χ0v) is 13.0. The molecule has 0 saturated carbocycles. The van der Waals surface area contributed by atoms with Gasteiger partial charge >= 0.3 is 0 Å². The molecule has 0 unspecified atom stereocenters. The largest absolute Gasteiger partial charge is 0.386 e. The van der Waals surface area contributed by atoms with Crippen molar-refractivity contribution in [3.8, 4) is 0 Å². The molecular formula is C18H29N. The van der Waals surface area contributed by atoms with Crippen molar-refractivity contribution in [2.45, 2.75) is 40.5 Å². The highest BCUT2D eigenvalue weighted by molar-refractivity contribution is 5.46. The van der Waals surface area contributed by atoms with E-state index in [9.17, 15) is 0 Å². The summed E-state index contributed by atoms with van der Waals surface area (Å²) in [6.07, 6.45) is 12.6. The van der Waals surface area contributed by atoms with Gasteiger partial charge < -0.3 is 5.32 Å². The summed E-state index contributed by atoms with van der Waals surface area (Å²) in [6.45, 7) is 17.4. The second-order valence-electron chi connectivity index (χ2n) is 5.01. The van der Waals surface area contributed by atoms with E-state index in [0.717, 1.165) is 23.7 Å². The maximum absolute atomic E-state index is 4.02. The van der Waals surface area contributed by atoms with Crippen molar-refractivity contribution in [3.05, 3.63) is 60.4 Å². The fourth-order valence-electron chi connectivity index (χ4n) is 1.77. The van der Waals surface area contributed by atoms with Gasteiger partial charge in [-0.3, -0.25) is 0 Å². The average molecular weight is 259 g/mol. The van der Waals surface area contributed by atoms with Gasteiger partial charge in [0, 0.05) is 12.2 Å². The van der Waals surface area contributed by atoms with Crippen LogP contribution in [0.5, 0.6) is 0 Å². The minimum Gasteiger partial charge on any atom is -0.386 e. The average Bonchev–Trinajstić information content (AvgIpc) is 2.39. The standard InChI is InChI=1S/C18H29N/c1-7-17(8-2)18(9-3)13-12-16(6)19-14-10-11-15(4)5/h7-9,12-13,15,19H,1,6,10-11,14H2,2-5H3/b13-12-,17-8+,18-9+. The lowest BCUT2D eigenvalue weighted by Crippen LogP contribution is -2.13. The first-order chi connectivity index (χ1) is 9.04. The van der Waals surface area contributed by atoms with Gasteiger partial charge in [0.2, 0.25) is 0 Å². The van der Waals surface area contributed by atoms with Crippen LogP contribution in [0.3, 0.4) is 0 Å². The van der Waals surface area contributed by atoms with Crippen LogP contribution in [-0.4, -0.2) is 6.54 Å². The molecule has 1 heteroatoms. The summed E-state index contributed by atoms with van der Waals surface area (Å²) in [6, 6.07) is 0. The lowest BCUT2D eigenvalue weighted by atomic mass is 10.1. The van der Waals surface area contributed by atoms with Crippen LogP contribution in [-0.2, 0) is 0 Å². The quantitative estimate of drug-likeness (QED) is 0.445. The molecular weight excluding hydrogens is 230 g/mol. The first-order valence-electron chi connectivity index (χ1n) is 7.11. The molecule has 0 atom stereocenters. The molecule has 0 heterocycles. The summed E-state index contributed by atoms with van der Waals surface area (Å²) >= 11 is 0. The highest BCUT2D eigenvalue weighted by atomic mass is 14.9. The first-order valence-corrected chi connectivity index (χ1v) is 7.11. The van der Waals surface area contributed by atoms with Gasteiger partial charge in [-0.1, -0.05) is 51.3 Å². The molecule has 0 fully saturated rings. The Labute approximate surface area is 119 Å². The Kier molecular flexibility index (Phi) is 9.60. The highest BCUT2D eigenvalue weighted by Crippen LogP contribution is 2.13. The Morgan fingerprint density at radius 2 is 1.74 bits per heavy atom. The molecule has 19 heavy (non-hydrogen) atoms. The molecule has 0 aliphatic carbocycles. The number of allylic oxidation sites excluding steroid dienone is 7. The lowest BCUT2D eigenvalue weighted by molar-refractivity contribution is 0.545. The van der Waals surface area contributed by atoms with E-state index in [2.05, 4.69) is 50.6 Å². The predicted molar refractivity (Wildman–Crippen MR) is 88.1 cm³/mol. The topological polar surface area (TPSA) is 12.0 Å². The molecule has 0 radical (unpaired) electrons. The summed E-state index contributed by atoms with van der Waals surface area (Å²) < 4.78 is 0. The van der Waals surface area contributed by atoms with Crippen LogP contribution in [0.25, 0.3) is 0 Å². The van der Waals surface area contributed by atoms with Gasteiger partial charge in [-0.25, -0.2) is 0 Å². The predicted octanol–water partition coefficient (Wildman–Crippen LogP) is 5.16. The minimum atomic E-state index is 0.769. The van der Waals surface area contributed by atoms with Gasteiger partial charge in [0.1, 0.15) is 0 Å². The third-order valence-electron chi connectivity index (χ3n) is 2.95. The Morgan fingerprint density at radius 1 is 1.11 bits per heavy atom. The van der Waals surface area contributed by atoms with Crippen LogP contribution >= 0.6 is 0 Å². The summed E-state index contributed by atoms with van der Waals surface area (Å²) in [4.78, 5) is 0. The molecule has 106 valence electrons. The first kappa shape index (κ1) is 17.5. The number of rotatable bonds is 9. The van der Waals surface area contributed by atoms with Crippen LogP contribution in [0.2, 0.25) is 0 Å². The van der Waals surface area contributed by atoms with Gasteiger partial charge in [-0.15, -0.1) is 0 Å². The second kappa shape index (κ2) is 10.4. The van der Waals surface area contributed by atoms with E-state index in [4.69, 9.17) is 0 Å². The SMILES string of the molecule is C=CC(=C\C)/C(/C=C\C(=C)NCCCC(C)C)=C/C. The minimum absolute atomic E-state index is 0.769. The number of hydrogen-bond acceptors (Lipinski definition) is 1. The molecule has 1 N–H and O–H groups in total. The maximum atomic E-state index is 4.02. The van der Waals surface area contributed by atoms with Gasteiger partial charge in [0.05, 0.1) is 0 Å². The van der Waals surface area contributed by atoms with Crippen LogP contribution in [0, 0.1) is 5.92 Å². The molecule has 0 aliphatic heterocycles. The van der Waals surface area contributed by atoms with E-state index in [1.165, 1.54) is 18.4 Å². The summed E-state index contributed by atoms with van der Waals surface area (Å²) in [5, 5.41) is 3.34. The Morgan fingerprint density at radius 3 is 2.21 bits per heavy atom. The van der Waals surface area contributed by atoms with E-state index >= 15 is 0 Å². The zero-order chi connectivity index (χ0) is 14.7. The molecule has 0 amide bonds. The number of nitrogens with one attached hydrogen (secondary N) is 1. The monoisotopic (exact) mass is 259 g/mol. The van der Waals surface area contributed by atoms with Gasteiger partial charge in [-0.05, 0) is 49.8 Å². The summed E-state index contributed by atoms with van der Waals surface area (Å²) in [7, 11) is 0. The van der Waals surface area contributed by atoms with Crippen LogP contribution in [0.4, 0.5) is 0 Å². The molecule has 0 aromatic heterocycles. The van der Waals surface area contributed by atoms with Crippen molar-refractivity contribution in [2.24, 2.45) is 5.92 Å². The molecule has 0 rings (SSSR count). The van der Waals surface area contributed by atoms with Gasteiger partial charge in [0.15, 0.2) is 0 Å². The van der Waals surface area contributed by atoms with Crippen molar-refractivity contribution < 1.29 is 0 Å². The molecule has 0 aromatic rings. The van der Waals surface area contributed by atoms with Crippen molar-refractivity contribution in [3.63, 3.8) is 0 Å². The Bertz CT molecular complexity index is 367. The van der Waals surface area contributed by atoms with Crippen LogP contribution in [0.15, 0.2) is 60.4 Å². The number of hydrogen-bond donors (Lipinski definition) is 1. The Hall–Kier alpha value is -1.50. The smallest absolute Gasteiger partial charge is 0.0267 e. The molecule has 0 aromatic carbocycles. The molecule has 1 nitrogen and oxygen atoms in total. The highest BCUT2D eigenvalue weighted by Gasteiger charge is 1.96. The normalized spacial score (nSPS) is 13.1. The van der Waals surface area contributed by atoms with E-state index < -0.39 is 0 Å². The lowest BCUT2D eigenvalue weighted by Gasteiger charge is -2.08. The van der Waals surface area contributed by atoms with Crippen LogP contribution in [0.1, 0.15) is 40.5 Å². The van der Waals surface area contributed by atoms with E-state index in [1.807, 2.05) is 26.0 Å². The summed E-state index contributed by atoms with van der Waals surface area (Å²) in [5.74, 6) is 0.769. The van der Waals surface area contributed by atoms with Crippen molar-refractivity contribution in [1.29, 1.82) is 0 Å². The fraction of sp³-hybridized carbons (Fsp3) is 0.444. The zero-order valence-electron chi connectivity index (χ0n) is 13.0. The maximum Gasteiger partial charge on any atom is 0.0267 e. The van der Waals surface area contributed by atoms with E-state index in [0.29, 0.717) is 0 Å². The van der Waals surface area contributed by atoms with Crippen molar-refractivity contribution in [2.75, 3.05) is 6.54 Å². The van der Waals surface area contributed by atoms with Gasteiger partial charge in [-0.2, -0.15) is 0 Å². The molecule has 0 spiro atoms.